The second-order valence-electron chi connectivity index (χ2n) is 8.55. The Labute approximate surface area is 224 Å². The van der Waals surface area contributed by atoms with Crippen molar-refractivity contribution >= 4 is 22.7 Å². The molecule has 5 N–H and O–H groups in total. The number of ether oxygens (including phenoxy) is 2. The smallest absolute Gasteiger partial charge is 0.127 e. The number of nitrogens with zero attached hydrogens (tertiary/aromatic N) is 1. The topological polar surface area (TPSA) is 85.8 Å². The van der Waals surface area contributed by atoms with Crippen molar-refractivity contribution in [3.05, 3.63) is 127 Å². The van der Waals surface area contributed by atoms with E-state index in [-0.39, 0.29) is 0 Å². The molecular formula is C32H34N4O2. The Kier molecular flexibility index (Phi) is 9.43. The molecule has 0 saturated carbocycles. The van der Waals surface area contributed by atoms with Crippen LogP contribution in [-0.4, -0.2) is 19.6 Å². The molecule has 4 aromatic carbocycles. The molecule has 4 aromatic rings. The fourth-order valence-electron chi connectivity index (χ4n) is 3.89. The normalized spacial score (nSPS) is 11.4. The first-order valence-electron chi connectivity index (χ1n) is 12.7. The van der Waals surface area contributed by atoms with E-state index in [4.69, 9.17) is 20.9 Å². The summed E-state index contributed by atoms with van der Waals surface area (Å²) >= 11 is 0. The van der Waals surface area contributed by atoms with Crippen LogP contribution in [0, 0.1) is 0 Å². The molecule has 194 valence electrons. The molecule has 0 heterocycles. The first kappa shape index (κ1) is 26.4. The summed E-state index contributed by atoms with van der Waals surface area (Å²) in [6, 6.07) is 33.7. The van der Waals surface area contributed by atoms with Gasteiger partial charge >= 0.3 is 0 Å². The van der Waals surface area contributed by atoms with Gasteiger partial charge in [-0.05, 0) is 104 Å². The summed E-state index contributed by atoms with van der Waals surface area (Å²) < 4.78 is 11.9. The Bertz CT molecular complexity index is 1320. The van der Waals surface area contributed by atoms with Gasteiger partial charge in [0.15, 0.2) is 0 Å². The highest BCUT2D eigenvalue weighted by Crippen LogP contribution is 2.28. The van der Waals surface area contributed by atoms with E-state index in [0.29, 0.717) is 12.2 Å². The summed E-state index contributed by atoms with van der Waals surface area (Å²) in [6.45, 7) is 3.89. The van der Waals surface area contributed by atoms with Gasteiger partial charge in [0, 0.05) is 42.4 Å². The van der Waals surface area contributed by atoms with Crippen LogP contribution in [0.5, 0.6) is 17.2 Å². The lowest BCUT2D eigenvalue weighted by molar-refractivity contribution is 0.442. The fourth-order valence-corrected chi connectivity index (χ4v) is 3.89. The van der Waals surface area contributed by atoms with Crippen molar-refractivity contribution in [2.75, 3.05) is 35.6 Å². The zero-order chi connectivity index (χ0) is 26.6. The Morgan fingerprint density at radius 1 is 0.789 bits per heavy atom. The van der Waals surface area contributed by atoms with Crippen LogP contribution in [0.3, 0.4) is 0 Å². The van der Waals surface area contributed by atoms with Crippen LogP contribution < -0.4 is 31.2 Å². The minimum Gasteiger partial charge on any atom is -0.458 e. The highest BCUT2D eigenvalue weighted by molar-refractivity contribution is 5.64. The quantitative estimate of drug-likeness (QED) is 0.108. The third-order valence-electron chi connectivity index (χ3n) is 5.74. The zero-order valence-corrected chi connectivity index (χ0v) is 21.6. The molecule has 4 rings (SSSR count). The Hall–Kier alpha value is -4.68. The number of rotatable bonds is 12. The van der Waals surface area contributed by atoms with Gasteiger partial charge in [0.1, 0.15) is 23.0 Å². The highest BCUT2D eigenvalue weighted by atomic mass is 16.5. The molecule has 0 spiro atoms. The van der Waals surface area contributed by atoms with Crippen molar-refractivity contribution in [3.63, 3.8) is 0 Å². The van der Waals surface area contributed by atoms with Gasteiger partial charge in [-0.2, -0.15) is 0 Å². The summed E-state index contributed by atoms with van der Waals surface area (Å²) in [5.74, 6) is 3.02. The van der Waals surface area contributed by atoms with Gasteiger partial charge in [-0.3, -0.25) is 0 Å². The van der Waals surface area contributed by atoms with Crippen LogP contribution in [0.25, 0.3) is 0 Å². The van der Waals surface area contributed by atoms with E-state index in [2.05, 4.69) is 34.5 Å². The van der Waals surface area contributed by atoms with Gasteiger partial charge in [0.25, 0.3) is 0 Å². The number of hydrogen-bond acceptors (Lipinski definition) is 6. The lowest BCUT2D eigenvalue weighted by Crippen LogP contribution is -2.24. The minimum atomic E-state index is 0.422. The van der Waals surface area contributed by atoms with E-state index in [1.807, 2.05) is 104 Å². The van der Waals surface area contributed by atoms with Crippen molar-refractivity contribution in [1.29, 1.82) is 0 Å². The minimum absolute atomic E-state index is 0.422. The van der Waals surface area contributed by atoms with Gasteiger partial charge < -0.3 is 31.2 Å². The second kappa shape index (κ2) is 13.6. The third-order valence-corrected chi connectivity index (χ3v) is 5.74. The van der Waals surface area contributed by atoms with Gasteiger partial charge in [-0.1, -0.05) is 24.3 Å². The molecule has 0 aromatic heterocycles. The van der Waals surface area contributed by atoms with Crippen molar-refractivity contribution in [1.82, 2.24) is 0 Å². The molecule has 38 heavy (non-hydrogen) atoms. The van der Waals surface area contributed by atoms with E-state index in [1.54, 1.807) is 0 Å². The molecule has 0 atom stereocenters. The van der Waals surface area contributed by atoms with Crippen LogP contribution in [0.15, 0.2) is 127 Å². The van der Waals surface area contributed by atoms with Gasteiger partial charge in [0.05, 0.1) is 0 Å². The number of anilines is 4. The number of nitrogen functional groups attached to an aromatic ring is 1. The molecule has 0 aliphatic heterocycles. The van der Waals surface area contributed by atoms with Crippen LogP contribution >= 0.6 is 0 Å². The van der Waals surface area contributed by atoms with Crippen molar-refractivity contribution in [2.45, 2.75) is 6.92 Å². The van der Waals surface area contributed by atoms with E-state index < -0.39 is 0 Å². The SMILES string of the molecule is C/C=C\C(=C/CN)Oc1ccc(N(CCNc2ccc(Oc3ccc(N)cc3)cc2)c2ccccc2)cc1. The van der Waals surface area contributed by atoms with Gasteiger partial charge in [0.2, 0.25) is 0 Å². The van der Waals surface area contributed by atoms with E-state index >= 15 is 0 Å². The molecule has 0 amide bonds. The summed E-state index contributed by atoms with van der Waals surface area (Å²) in [7, 11) is 0. The highest BCUT2D eigenvalue weighted by Gasteiger charge is 2.10. The van der Waals surface area contributed by atoms with Crippen LogP contribution in [0.1, 0.15) is 6.92 Å². The first-order chi connectivity index (χ1) is 18.6. The van der Waals surface area contributed by atoms with Gasteiger partial charge in [-0.15, -0.1) is 0 Å². The Balaban J connectivity index is 1.39. The monoisotopic (exact) mass is 506 g/mol. The lowest BCUT2D eigenvalue weighted by Gasteiger charge is -2.25. The third kappa shape index (κ3) is 7.66. The summed E-state index contributed by atoms with van der Waals surface area (Å²) in [4.78, 5) is 2.28. The maximum Gasteiger partial charge on any atom is 0.127 e. The molecular weight excluding hydrogens is 472 g/mol. The molecule has 0 unspecified atom stereocenters. The summed E-state index contributed by atoms with van der Waals surface area (Å²) in [5, 5.41) is 3.51. The number of hydrogen-bond donors (Lipinski definition) is 3. The molecule has 0 bridgehead atoms. The van der Waals surface area contributed by atoms with Crippen molar-refractivity contribution < 1.29 is 9.47 Å². The average molecular weight is 507 g/mol. The Morgan fingerprint density at radius 2 is 1.39 bits per heavy atom. The maximum atomic E-state index is 5.97. The van der Waals surface area contributed by atoms with E-state index in [1.165, 1.54) is 0 Å². The zero-order valence-electron chi connectivity index (χ0n) is 21.6. The summed E-state index contributed by atoms with van der Waals surface area (Å²) in [5.41, 5.74) is 15.3. The summed E-state index contributed by atoms with van der Waals surface area (Å²) in [6.07, 6.45) is 5.69. The maximum absolute atomic E-state index is 5.97. The fraction of sp³-hybridized carbons (Fsp3) is 0.125. The van der Waals surface area contributed by atoms with Crippen molar-refractivity contribution in [3.8, 4) is 17.2 Å². The number of allylic oxidation sites excluding steroid dienone is 2. The number of benzene rings is 4. The predicted molar refractivity (Wildman–Crippen MR) is 158 cm³/mol. The molecule has 6 nitrogen and oxygen atoms in total. The number of nitrogens with one attached hydrogen (secondary N) is 1. The molecule has 0 fully saturated rings. The lowest BCUT2D eigenvalue weighted by atomic mass is 10.2. The number of para-hydroxylation sites is 1. The van der Waals surface area contributed by atoms with Crippen LogP contribution in [0.2, 0.25) is 0 Å². The van der Waals surface area contributed by atoms with E-state index in [9.17, 15) is 0 Å². The van der Waals surface area contributed by atoms with E-state index in [0.717, 1.165) is 53.2 Å². The van der Waals surface area contributed by atoms with Crippen LogP contribution in [-0.2, 0) is 0 Å². The van der Waals surface area contributed by atoms with Crippen LogP contribution in [0.4, 0.5) is 22.7 Å². The van der Waals surface area contributed by atoms with Crippen molar-refractivity contribution in [2.24, 2.45) is 5.73 Å². The average Bonchev–Trinajstić information content (AvgIpc) is 2.95. The molecule has 0 aliphatic rings. The van der Waals surface area contributed by atoms with Gasteiger partial charge in [-0.25, -0.2) is 0 Å². The molecule has 0 saturated heterocycles. The molecule has 0 aliphatic carbocycles. The largest absolute Gasteiger partial charge is 0.458 e. The standard InChI is InChI=1S/C32H34N4O2/c1-2-6-29(21-22-33)37-32-19-13-28(14-20-32)36(27-7-4-3-5-8-27)24-23-35-26-11-17-31(18-12-26)38-30-15-9-25(34)10-16-30/h2-21,35H,22-24,33-34H2,1H3/b6-2-,29-21+. The first-order valence-corrected chi connectivity index (χ1v) is 12.7. The number of nitrogens with two attached hydrogens (primary N) is 2. The second-order valence-corrected chi connectivity index (χ2v) is 8.55. The molecule has 6 heteroatoms. The Morgan fingerprint density at radius 3 is 2.03 bits per heavy atom. The molecule has 0 radical (unpaired) electrons. The predicted octanol–water partition coefficient (Wildman–Crippen LogP) is 7.11.